The molecule has 2 unspecified atom stereocenters. The van der Waals surface area contributed by atoms with E-state index < -0.39 is 10.8 Å². The lowest BCUT2D eigenvalue weighted by atomic mass is 9.69. The number of rotatable bonds is 16. The van der Waals surface area contributed by atoms with E-state index >= 15 is 0 Å². The van der Waals surface area contributed by atoms with Crippen molar-refractivity contribution in [3.8, 4) is 35.1 Å². The monoisotopic (exact) mass is 549 g/mol. The Balaban J connectivity index is 2.09. The molecule has 0 aliphatic carbocycles. The van der Waals surface area contributed by atoms with Gasteiger partial charge in [0.2, 0.25) is 0 Å². The highest BCUT2D eigenvalue weighted by Crippen LogP contribution is 2.42. The second-order valence-corrected chi connectivity index (χ2v) is 11.1. The van der Waals surface area contributed by atoms with Gasteiger partial charge in [0.15, 0.2) is 23.0 Å². The molecule has 0 aromatic heterocycles. The fraction of sp³-hybridized carbons (Fsp3) is 0.576. The molecular weight excluding hydrogens is 502 g/mol. The van der Waals surface area contributed by atoms with Crippen molar-refractivity contribution in [2.24, 2.45) is 11.8 Å². The van der Waals surface area contributed by atoms with Crippen LogP contribution >= 0.6 is 0 Å². The maximum absolute atomic E-state index is 10.4. The van der Waals surface area contributed by atoms with Gasteiger partial charge >= 0.3 is 0 Å². The highest BCUT2D eigenvalue weighted by atomic mass is 16.5. The molecule has 2 aromatic rings. The number of ether oxygens (including phenoxy) is 4. The van der Waals surface area contributed by atoms with Gasteiger partial charge in [0.1, 0.15) is 0 Å². The first-order valence-electron chi connectivity index (χ1n) is 14.0. The minimum atomic E-state index is -0.624. The molecular formula is C33H47N3O4. The summed E-state index contributed by atoms with van der Waals surface area (Å²) in [5.74, 6) is 2.85. The zero-order valence-electron chi connectivity index (χ0n) is 25.8. The predicted octanol–water partition coefficient (Wildman–Crippen LogP) is 6.75. The number of nitrogens with zero attached hydrogens (tertiary/aromatic N) is 3. The van der Waals surface area contributed by atoms with E-state index in [4.69, 9.17) is 18.9 Å². The molecule has 2 rings (SSSR count). The van der Waals surface area contributed by atoms with Crippen LogP contribution < -0.4 is 18.9 Å². The normalized spacial score (nSPS) is 14.2. The number of hydrogen-bond donors (Lipinski definition) is 0. The molecule has 0 radical (unpaired) electrons. The number of benzene rings is 2. The Bertz CT molecular complexity index is 1090. The summed E-state index contributed by atoms with van der Waals surface area (Å²) < 4.78 is 21.8. The summed E-state index contributed by atoms with van der Waals surface area (Å²) >= 11 is 0. The summed E-state index contributed by atoms with van der Waals surface area (Å²) in [6.07, 6.45) is 3.22. The van der Waals surface area contributed by atoms with Crippen molar-refractivity contribution in [3.05, 3.63) is 47.5 Å². The maximum atomic E-state index is 10.4. The lowest BCUT2D eigenvalue weighted by molar-refractivity contribution is 0.270. The van der Waals surface area contributed by atoms with Crippen molar-refractivity contribution < 1.29 is 18.9 Å². The van der Waals surface area contributed by atoms with E-state index in [-0.39, 0.29) is 11.8 Å². The Kier molecular flexibility index (Phi) is 12.1. The minimum absolute atomic E-state index is 0.129. The average molecular weight is 550 g/mol. The van der Waals surface area contributed by atoms with Crippen LogP contribution in [0.4, 0.5) is 0 Å². The van der Waals surface area contributed by atoms with Crippen molar-refractivity contribution in [1.29, 1.82) is 10.5 Å². The molecule has 0 spiro atoms. The average Bonchev–Trinajstić information content (AvgIpc) is 2.96. The molecule has 40 heavy (non-hydrogen) atoms. The van der Waals surface area contributed by atoms with Gasteiger partial charge in [0.25, 0.3) is 0 Å². The van der Waals surface area contributed by atoms with Crippen LogP contribution in [0, 0.1) is 34.5 Å². The van der Waals surface area contributed by atoms with Gasteiger partial charge in [0, 0.05) is 0 Å². The molecule has 7 nitrogen and oxygen atoms in total. The zero-order chi connectivity index (χ0) is 29.9. The van der Waals surface area contributed by atoms with Gasteiger partial charge in [0.05, 0.1) is 51.4 Å². The molecule has 0 saturated heterocycles. The molecule has 7 heteroatoms. The third-order valence-electron chi connectivity index (χ3n) is 8.39. The lowest BCUT2D eigenvalue weighted by Crippen LogP contribution is -2.33. The first-order valence-corrected chi connectivity index (χ1v) is 14.0. The van der Waals surface area contributed by atoms with Gasteiger partial charge in [-0.1, -0.05) is 39.8 Å². The van der Waals surface area contributed by atoms with Gasteiger partial charge in [-0.2, -0.15) is 10.5 Å². The predicted molar refractivity (Wildman–Crippen MR) is 159 cm³/mol. The molecule has 0 fully saturated rings. The molecule has 218 valence electrons. The third-order valence-corrected chi connectivity index (χ3v) is 8.39. The Labute approximate surface area is 241 Å². The standard InChI is InChI=1S/C33H47N3O4/c1-24(2)32(22-34,26-12-14-28(37-6)30(20-26)39-8)16-10-18-36(5)19-11-17-33(23-35,25(3)4)27-13-15-29(38-7)31(21-27)40-9/h12-15,20-21,24-25H,10-11,16-19H2,1-9H3. The van der Waals surface area contributed by atoms with Gasteiger partial charge < -0.3 is 23.8 Å². The van der Waals surface area contributed by atoms with Crippen LogP contribution in [0.1, 0.15) is 64.5 Å². The second kappa shape index (κ2) is 14.8. The second-order valence-electron chi connectivity index (χ2n) is 11.1. The van der Waals surface area contributed by atoms with Gasteiger partial charge in [-0.3, -0.25) is 0 Å². The Morgan fingerprint density at radius 3 is 1.27 bits per heavy atom. The third kappa shape index (κ3) is 7.01. The van der Waals surface area contributed by atoms with Crippen LogP contribution in [0.25, 0.3) is 0 Å². The fourth-order valence-electron chi connectivity index (χ4n) is 5.63. The molecule has 0 aliphatic rings. The number of hydrogen-bond acceptors (Lipinski definition) is 7. The molecule has 0 saturated carbocycles. The molecule has 0 N–H and O–H groups in total. The maximum Gasteiger partial charge on any atom is 0.161 e. The summed E-state index contributed by atoms with van der Waals surface area (Å²) in [5.41, 5.74) is 0.662. The van der Waals surface area contributed by atoms with Crippen molar-refractivity contribution >= 4 is 0 Å². The zero-order valence-corrected chi connectivity index (χ0v) is 25.8. The minimum Gasteiger partial charge on any atom is -0.493 e. The molecule has 2 aromatic carbocycles. The largest absolute Gasteiger partial charge is 0.493 e. The first-order chi connectivity index (χ1) is 19.1. The summed E-state index contributed by atoms with van der Waals surface area (Å²) in [4.78, 5) is 2.30. The van der Waals surface area contributed by atoms with E-state index in [9.17, 15) is 10.5 Å². The Morgan fingerprint density at radius 2 is 1.00 bits per heavy atom. The molecule has 0 bridgehead atoms. The summed E-state index contributed by atoms with van der Waals surface area (Å²) in [6.45, 7) is 10.1. The van der Waals surface area contributed by atoms with Crippen molar-refractivity contribution in [3.63, 3.8) is 0 Å². The van der Waals surface area contributed by atoms with Gasteiger partial charge in [-0.15, -0.1) is 0 Å². The summed E-state index contributed by atoms with van der Waals surface area (Å²) in [7, 11) is 8.57. The van der Waals surface area contributed by atoms with Gasteiger partial charge in [-0.05, 0) is 93.0 Å². The van der Waals surface area contributed by atoms with E-state index in [1.54, 1.807) is 28.4 Å². The van der Waals surface area contributed by atoms with E-state index in [1.165, 1.54) is 0 Å². The Hall–Kier alpha value is -3.42. The smallest absolute Gasteiger partial charge is 0.161 e. The van der Waals surface area contributed by atoms with E-state index in [0.29, 0.717) is 23.0 Å². The van der Waals surface area contributed by atoms with Crippen LogP contribution in [0.3, 0.4) is 0 Å². The molecule has 0 heterocycles. The van der Waals surface area contributed by atoms with Crippen LogP contribution in [-0.4, -0.2) is 53.5 Å². The summed E-state index contributed by atoms with van der Waals surface area (Å²) in [6, 6.07) is 16.9. The van der Waals surface area contributed by atoms with Crippen molar-refractivity contribution in [1.82, 2.24) is 4.90 Å². The molecule has 2 atom stereocenters. The van der Waals surface area contributed by atoms with Crippen LogP contribution in [0.5, 0.6) is 23.0 Å². The van der Waals surface area contributed by atoms with E-state index in [2.05, 4.69) is 51.8 Å². The van der Waals surface area contributed by atoms with E-state index in [0.717, 1.165) is 49.9 Å². The number of methoxy groups -OCH3 is 4. The highest BCUT2D eigenvalue weighted by Gasteiger charge is 2.37. The Morgan fingerprint density at radius 1 is 0.650 bits per heavy atom. The highest BCUT2D eigenvalue weighted by molar-refractivity contribution is 5.48. The van der Waals surface area contributed by atoms with Crippen molar-refractivity contribution in [2.45, 2.75) is 64.2 Å². The van der Waals surface area contributed by atoms with Crippen LogP contribution in [-0.2, 0) is 10.8 Å². The van der Waals surface area contributed by atoms with Crippen LogP contribution in [0.2, 0.25) is 0 Å². The molecule has 0 amide bonds. The quantitative estimate of drug-likeness (QED) is 0.229. The molecule has 0 aliphatic heterocycles. The van der Waals surface area contributed by atoms with Crippen LogP contribution in [0.15, 0.2) is 36.4 Å². The topological polar surface area (TPSA) is 87.7 Å². The van der Waals surface area contributed by atoms with Gasteiger partial charge in [-0.25, -0.2) is 0 Å². The fourth-order valence-corrected chi connectivity index (χ4v) is 5.63. The van der Waals surface area contributed by atoms with E-state index in [1.807, 2.05) is 36.4 Å². The summed E-state index contributed by atoms with van der Waals surface area (Å²) in [5, 5.41) is 20.7. The SMILES string of the molecule is COc1ccc(C(C#N)(CCCN(C)CCCC(C#N)(c2ccc(OC)c(OC)c2)C(C)C)C(C)C)cc1OC. The first kappa shape index (κ1) is 32.8. The van der Waals surface area contributed by atoms with Crippen molar-refractivity contribution in [2.75, 3.05) is 48.6 Å². The lowest BCUT2D eigenvalue weighted by Gasteiger charge is -2.33. The number of nitriles is 2.